The lowest BCUT2D eigenvalue weighted by molar-refractivity contribution is -0.137. The lowest BCUT2D eigenvalue weighted by atomic mass is 10.1. The summed E-state index contributed by atoms with van der Waals surface area (Å²) < 4.78 is 62.6. The second kappa shape index (κ2) is 6.59. The van der Waals surface area contributed by atoms with Crippen LogP contribution in [-0.2, 0) is 16.0 Å². The van der Waals surface area contributed by atoms with Crippen LogP contribution in [0.15, 0.2) is 53.4 Å². The van der Waals surface area contributed by atoms with Crippen molar-refractivity contribution >= 4 is 27.3 Å². The Balaban J connectivity index is 1.67. The summed E-state index contributed by atoms with van der Waals surface area (Å²) in [5.41, 5.74) is -0.763. The molecule has 0 N–H and O–H groups in total. The SMILES string of the molecule is O=C(c1ccc(C(F)(F)F)cc1)N1CC(S(=O)(=O)c2ccc(Cl)cc2)C1. The van der Waals surface area contributed by atoms with Gasteiger partial charge in [-0.1, -0.05) is 11.6 Å². The zero-order valence-electron chi connectivity index (χ0n) is 13.2. The summed E-state index contributed by atoms with van der Waals surface area (Å²) in [7, 11) is -3.59. The first kappa shape index (κ1) is 18.7. The van der Waals surface area contributed by atoms with Crippen molar-refractivity contribution in [2.24, 2.45) is 0 Å². The molecule has 0 unspecified atom stereocenters. The van der Waals surface area contributed by atoms with Crippen LogP contribution >= 0.6 is 11.6 Å². The van der Waals surface area contributed by atoms with E-state index in [-0.39, 0.29) is 23.5 Å². The fourth-order valence-corrected chi connectivity index (χ4v) is 4.38. The smallest absolute Gasteiger partial charge is 0.336 e. The molecule has 2 aromatic rings. The molecule has 0 bridgehead atoms. The molecule has 0 aliphatic carbocycles. The van der Waals surface area contributed by atoms with Gasteiger partial charge in [0.2, 0.25) is 0 Å². The van der Waals surface area contributed by atoms with Gasteiger partial charge in [-0.05, 0) is 48.5 Å². The van der Waals surface area contributed by atoms with Crippen LogP contribution in [0.1, 0.15) is 15.9 Å². The molecule has 1 aliphatic heterocycles. The summed E-state index contributed by atoms with van der Waals surface area (Å²) in [6.07, 6.45) is -4.48. The maximum Gasteiger partial charge on any atom is 0.416 e. The molecular weight excluding hydrogens is 391 g/mol. The lowest BCUT2D eigenvalue weighted by Crippen LogP contribution is -2.56. The second-order valence-electron chi connectivity index (χ2n) is 5.91. The van der Waals surface area contributed by atoms with Crippen molar-refractivity contribution in [3.8, 4) is 0 Å². The number of benzene rings is 2. The third-order valence-electron chi connectivity index (χ3n) is 4.18. The van der Waals surface area contributed by atoms with Crippen molar-refractivity contribution in [3.63, 3.8) is 0 Å². The molecule has 1 heterocycles. The van der Waals surface area contributed by atoms with E-state index >= 15 is 0 Å². The zero-order chi connectivity index (χ0) is 19.1. The predicted octanol–water partition coefficient (Wildman–Crippen LogP) is 3.66. The van der Waals surface area contributed by atoms with E-state index in [1.54, 1.807) is 0 Å². The van der Waals surface area contributed by atoms with Crippen LogP contribution in [0.25, 0.3) is 0 Å². The lowest BCUT2D eigenvalue weighted by Gasteiger charge is -2.38. The van der Waals surface area contributed by atoms with E-state index < -0.39 is 32.7 Å². The first-order chi connectivity index (χ1) is 12.1. The number of halogens is 4. The van der Waals surface area contributed by atoms with Crippen molar-refractivity contribution < 1.29 is 26.4 Å². The third kappa shape index (κ3) is 3.57. The van der Waals surface area contributed by atoms with Gasteiger partial charge in [0.15, 0.2) is 9.84 Å². The van der Waals surface area contributed by atoms with Crippen LogP contribution < -0.4 is 0 Å². The average molecular weight is 404 g/mol. The molecule has 4 nitrogen and oxygen atoms in total. The Morgan fingerprint density at radius 2 is 1.54 bits per heavy atom. The van der Waals surface area contributed by atoms with Gasteiger partial charge < -0.3 is 4.90 Å². The minimum atomic E-state index is -4.48. The van der Waals surface area contributed by atoms with Gasteiger partial charge in [-0.15, -0.1) is 0 Å². The molecule has 0 aromatic heterocycles. The molecule has 1 aliphatic rings. The minimum absolute atomic E-state index is 0.00911. The maximum absolute atomic E-state index is 12.6. The normalized spacial score (nSPS) is 15.6. The number of hydrogen-bond acceptors (Lipinski definition) is 3. The summed E-state index contributed by atoms with van der Waals surface area (Å²) in [6, 6.07) is 9.58. The summed E-state index contributed by atoms with van der Waals surface area (Å²) in [6.45, 7) is -0.0182. The van der Waals surface area contributed by atoms with E-state index in [0.717, 1.165) is 24.3 Å². The number of hydrogen-bond donors (Lipinski definition) is 0. The van der Waals surface area contributed by atoms with Crippen molar-refractivity contribution in [2.75, 3.05) is 13.1 Å². The molecule has 9 heteroatoms. The molecule has 1 fully saturated rings. The van der Waals surface area contributed by atoms with Crippen LogP contribution in [-0.4, -0.2) is 37.6 Å². The fourth-order valence-electron chi connectivity index (χ4n) is 2.60. The second-order valence-corrected chi connectivity index (χ2v) is 8.57. The Morgan fingerprint density at radius 3 is 2.04 bits per heavy atom. The number of amides is 1. The van der Waals surface area contributed by atoms with E-state index in [2.05, 4.69) is 0 Å². The van der Waals surface area contributed by atoms with Gasteiger partial charge in [0.25, 0.3) is 5.91 Å². The Kier molecular flexibility index (Phi) is 4.74. The van der Waals surface area contributed by atoms with Gasteiger partial charge in [0, 0.05) is 23.7 Å². The van der Waals surface area contributed by atoms with Gasteiger partial charge in [-0.3, -0.25) is 4.79 Å². The number of carbonyl (C=O) groups excluding carboxylic acids is 1. The molecular formula is C17H13ClF3NO3S. The molecule has 0 spiro atoms. The summed E-state index contributed by atoms with van der Waals surface area (Å²) in [5, 5.41) is -0.334. The number of alkyl halides is 3. The third-order valence-corrected chi connectivity index (χ3v) is 6.53. The molecule has 1 saturated heterocycles. The summed E-state index contributed by atoms with van der Waals surface area (Å²) >= 11 is 5.74. The Bertz CT molecular complexity index is 919. The molecule has 1 amide bonds. The van der Waals surface area contributed by atoms with E-state index in [1.807, 2.05) is 0 Å². The average Bonchev–Trinajstić information content (AvgIpc) is 2.53. The van der Waals surface area contributed by atoms with Crippen LogP contribution in [0.5, 0.6) is 0 Å². The van der Waals surface area contributed by atoms with Gasteiger partial charge in [-0.2, -0.15) is 13.2 Å². The summed E-state index contributed by atoms with van der Waals surface area (Å²) in [5.74, 6) is -0.499. The number of carbonyl (C=O) groups is 1. The highest BCUT2D eigenvalue weighted by Crippen LogP contribution is 2.30. The molecule has 0 saturated carbocycles. The largest absolute Gasteiger partial charge is 0.416 e. The van der Waals surface area contributed by atoms with E-state index in [0.29, 0.717) is 5.02 Å². The van der Waals surface area contributed by atoms with Crippen molar-refractivity contribution in [3.05, 3.63) is 64.7 Å². The Morgan fingerprint density at radius 1 is 1.00 bits per heavy atom. The van der Waals surface area contributed by atoms with Gasteiger partial charge in [-0.25, -0.2) is 8.42 Å². The zero-order valence-corrected chi connectivity index (χ0v) is 14.8. The Labute approximate surface area is 153 Å². The van der Waals surface area contributed by atoms with Crippen LogP contribution in [0, 0.1) is 0 Å². The van der Waals surface area contributed by atoms with Crippen LogP contribution in [0.4, 0.5) is 13.2 Å². The molecule has 26 heavy (non-hydrogen) atoms. The molecule has 2 aromatic carbocycles. The first-order valence-electron chi connectivity index (χ1n) is 7.55. The van der Waals surface area contributed by atoms with E-state index in [9.17, 15) is 26.4 Å². The van der Waals surface area contributed by atoms with Crippen molar-refractivity contribution in [2.45, 2.75) is 16.3 Å². The van der Waals surface area contributed by atoms with Gasteiger partial charge >= 0.3 is 6.18 Å². The minimum Gasteiger partial charge on any atom is -0.336 e. The van der Waals surface area contributed by atoms with Crippen LogP contribution in [0.3, 0.4) is 0 Å². The number of nitrogens with zero attached hydrogens (tertiary/aromatic N) is 1. The van der Waals surface area contributed by atoms with Crippen molar-refractivity contribution in [1.29, 1.82) is 0 Å². The fraction of sp³-hybridized carbons (Fsp3) is 0.235. The molecule has 0 radical (unpaired) electrons. The van der Waals surface area contributed by atoms with Crippen LogP contribution in [0.2, 0.25) is 5.02 Å². The van der Waals surface area contributed by atoms with Crippen molar-refractivity contribution in [1.82, 2.24) is 4.90 Å². The maximum atomic E-state index is 12.6. The predicted molar refractivity (Wildman–Crippen MR) is 89.8 cm³/mol. The molecule has 3 rings (SSSR count). The summed E-state index contributed by atoms with van der Waals surface area (Å²) in [4.78, 5) is 13.7. The van der Waals surface area contributed by atoms with Gasteiger partial charge in [0.05, 0.1) is 10.5 Å². The topological polar surface area (TPSA) is 54.5 Å². The highest BCUT2D eigenvalue weighted by Gasteiger charge is 2.41. The number of sulfone groups is 1. The van der Waals surface area contributed by atoms with E-state index in [1.165, 1.54) is 29.2 Å². The Hall–Kier alpha value is -2.06. The van der Waals surface area contributed by atoms with E-state index in [4.69, 9.17) is 11.6 Å². The quantitative estimate of drug-likeness (QED) is 0.786. The number of rotatable bonds is 3. The molecule has 138 valence electrons. The first-order valence-corrected chi connectivity index (χ1v) is 9.47. The monoisotopic (exact) mass is 403 g/mol. The standard InChI is InChI=1S/C17H13ClF3NO3S/c18-13-5-7-14(8-6-13)26(24,25)15-9-22(10-15)16(23)11-1-3-12(4-2-11)17(19,20)21/h1-8,15H,9-10H2. The number of likely N-dealkylation sites (tertiary alicyclic amines) is 1. The molecule has 0 atom stereocenters. The highest BCUT2D eigenvalue weighted by atomic mass is 35.5. The highest BCUT2D eigenvalue weighted by molar-refractivity contribution is 7.92. The van der Waals surface area contributed by atoms with Gasteiger partial charge in [0.1, 0.15) is 5.25 Å².